The highest BCUT2D eigenvalue weighted by Gasteiger charge is 2.17. The topological polar surface area (TPSA) is 78.1 Å². The van der Waals surface area contributed by atoms with Gasteiger partial charge in [0.05, 0.1) is 22.1 Å². The third-order valence-corrected chi connectivity index (χ3v) is 6.86. The van der Waals surface area contributed by atoms with Crippen LogP contribution in [0.3, 0.4) is 0 Å². The predicted molar refractivity (Wildman–Crippen MR) is 129 cm³/mol. The molecule has 2 heterocycles. The number of hydrazine groups is 1. The first-order valence-electron chi connectivity index (χ1n) is 9.79. The molecule has 1 atom stereocenters. The number of aromatic amines is 1. The van der Waals surface area contributed by atoms with E-state index in [9.17, 15) is 9.59 Å². The lowest BCUT2D eigenvalue weighted by Gasteiger charge is -2.22. The molecule has 0 unspecified atom stereocenters. The number of H-pyrrole nitrogens is 1. The molecule has 4 rings (SSSR count). The Morgan fingerprint density at radius 3 is 2.55 bits per heavy atom. The molecule has 0 saturated carbocycles. The van der Waals surface area contributed by atoms with Crippen molar-refractivity contribution in [2.24, 2.45) is 0 Å². The second-order valence-corrected chi connectivity index (χ2v) is 9.22. The molecule has 0 saturated heterocycles. The smallest absolute Gasteiger partial charge is 0.260 e. The standard InChI is InChI=1S/C23H22N4O2S2/c1-15(21(28)26-27(2)17-11-7-4-8-12-17)30-14-19-24-22(29)20-18(13-31-23(20)25-19)16-9-5-3-6-10-16/h3-13,15H,14H2,1-2H3,(H,26,28)(H,24,25,29)/t15-/m0/s1. The molecule has 0 fully saturated rings. The number of benzene rings is 2. The van der Waals surface area contributed by atoms with Crippen LogP contribution < -0.4 is 16.0 Å². The Labute approximate surface area is 188 Å². The molecule has 0 bridgehead atoms. The highest BCUT2D eigenvalue weighted by atomic mass is 32.2. The third-order valence-electron chi connectivity index (χ3n) is 4.84. The van der Waals surface area contributed by atoms with Crippen molar-refractivity contribution in [2.75, 3.05) is 12.1 Å². The number of anilines is 1. The van der Waals surface area contributed by atoms with Crippen molar-refractivity contribution in [1.29, 1.82) is 0 Å². The van der Waals surface area contributed by atoms with Gasteiger partial charge in [0.2, 0.25) is 0 Å². The van der Waals surface area contributed by atoms with Crippen LogP contribution in [0.15, 0.2) is 70.8 Å². The monoisotopic (exact) mass is 450 g/mol. The Morgan fingerprint density at radius 1 is 1.16 bits per heavy atom. The molecule has 1 amide bonds. The van der Waals surface area contributed by atoms with Gasteiger partial charge in [-0.15, -0.1) is 23.1 Å². The minimum Gasteiger partial charge on any atom is -0.309 e. The van der Waals surface area contributed by atoms with Crippen LogP contribution in [-0.2, 0) is 10.5 Å². The summed E-state index contributed by atoms with van der Waals surface area (Å²) in [6.07, 6.45) is 0. The summed E-state index contributed by atoms with van der Waals surface area (Å²) >= 11 is 2.89. The summed E-state index contributed by atoms with van der Waals surface area (Å²) in [6, 6.07) is 19.4. The number of fused-ring (bicyclic) bond motifs is 1. The number of thioether (sulfide) groups is 1. The summed E-state index contributed by atoms with van der Waals surface area (Å²) in [4.78, 5) is 33.5. The van der Waals surface area contributed by atoms with E-state index < -0.39 is 0 Å². The van der Waals surface area contributed by atoms with E-state index in [1.54, 1.807) is 12.1 Å². The van der Waals surface area contributed by atoms with Crippen LogP contribution in [0.25, 0.3) is 21.3 Å². The second kappa shape index (κ2) is 9.36. The number of rotatable bonds is 7. The summed E-state index contributed by atoms with van der Waals surface area (Å²) < 4.78 is 0. The van der Waals surface area contributed by atoms with Crippen LogP contribution in [0.5, 0.6) is 0 Å². The van der Waals surface area contributed by atoms with Crippen LogP contribution in [0.2, 0.25) is 0 Å². The van der Waals surface area contributed by atoms with Gasteiger partial charge < -0.3 is 4.98 Å². The van der Waals surface area contributed by atoms with Gasteiger partial charge in [0, 0.05) is 18.0 Å². The number of carbonyl (C=O) groups is 1. The molecule has 4 aromatic rings. The first kappa shape index (κ1) is 21.1. The Balaban J connectivity index is 1.43. The number of hydrogen-bond acceptors (Lipinski definition) is 6. The summed E-state index contributed by atoms with van der Waals surface area (Å²) in [5.41, 5.74) is 5.52. The molecule has 6 nitrogen and oxygen atoms in total. The van der Waals surface area contributed by atoms with Crippen molar-refractivity contribution in [3.63, 3.8) is 0 Å². The Bertz CT molecular complexity index is 1240. The number of nitrogens with zero attached hydrogens (tertiary/aromatic N) is 2. The molecule has 0 aliphatic heterocycles. The van der Waals surface area contributed by atoms with E-state index >= 15 is 0 Å². The molecule has 31 heavy (non-hydrogen) atoms. The molecule has 0 aliphatic carbocycles. The fourth-order valence-electron chi connectivity index (χ4n) is 3.14. The van der Waals surface area contributed by atoms with Crippen molar-refractivity contribution >= 4 is 44.9 Å². The van der Waals surface area contributed by atoms with Gasteiger partial charge in [-0.3, -0.25) is 20.0 Å². The fourth-order valence-corrected chi connectivity index (χ4v) is 4.86. The zero-order valence-corrected chi connectivity index (χ0v) is 18.8. The van der Waals surface area contributed by atoms with Crippen LogP contribution in [0.4, 0.5) is 5.69 Å². The molecule has 2 N–H and O–H groups in total. The van der Waals surface area contributed by atoms with E-state index in [4.69, 9.17) is 0 Å². The Hall–Kier alpha value is -3.10. The lowest BCUT2D eigenvalue weighted by molar-refractivity contribution is -0.120. The van der Waals surface area contributed by atoms with Gasteiger partial charge >= 0.3 is 0 Å². The van der Waals surface area contributed by atoms with Crippen LogP contribution >= 0.6 is 23.1 Å². The van der Waals surface area contributed by atoms with E-state index in [0.29, 0.717) is 21.8 Å². The average Bonchev–Trinajstić information content (AvgIpc) is 3.23. The minimum atomic E-state index is -0.310. The number of para-hydroxylation sites is 1. The van der Waals surface area contributed by atoms with Gasteiger partial charge in [-0.25, -0.2) is 4.98 Å². The second-order valence-electron chi connectivity index (χ2n) is 7.03. The molecular weight excluding hydrogens is 428 g/mol. The highest BCUT2D eigenvalue weighted by molar-refractivity contribution is 7.99. The normalized spacial score (nSPS) is 11.9. The first-order valence-corrected chi connectivity index (χ1v) is 11.7. The number of aromatic nitrogens is 2. The fraction of sp³-hybridized carbons (Fsp3) is 0.174. The van der Waals surface area contributed by atoms with Gasteiger partial charge in [-0.1, -0.05) is 48.5 Å². The van der Waals surface area contributed by atoms with E-state index in [0.717, 1.165) is 16.8 Å². The number of thiophene rings is 1. The summed E-state index contributed by atoms with van der Waals surface area (Å²) in [5.74, 6) is 0.898. The van der Waals surface area contributed by atoms with Gasteiger partial charge in [0.15, 0.2) is 0 Å². The lowest BCUT2D eigenvalue weighted by Crippen LogP contribution is -2.43. The van der Waals surface area contributed by atoms with Crippen molar-refractivity contribution in [2.45, 2.75) is 17.9 Å². The van der Waals surface area contributed by atoms with Gasteiger partial charge in [-0.2, -0.15) is 0 Å². The molecule has 158 valence electrons. The van der Waals surface area contributed by atoms with Crippen molar-refractivity contribution in [3.05, 3.63) is 82.2 Å². The summed E-state index contributed by atoms with van der Waals surface area (Å²) in [6.45, 7) is 1.84. The van der Waals surface area contributed by atoms with Gasteiger partial charge in [0.1, 0.15) is 10.7 Å². The number of carbonyl (C=O) groups excluding carboxylic acids is 1. The molecule has 0 spiro atoms. The number of hydrogen-bond donors (Lipinski definition) is 2. The number of amides is 1. The molecule has 8 heteroatoms. The SMILES string of the molecule is C[C@H](SCc1nc2scc(-c3ccccc3)c2c(=O)[nH]1)C(=O)NN(C)c1ccccc1. The predicted octanol–water partition coefficient (Wildman–Crippen LogP) is 4.44. The molecule has 2 aromatic carbocycles. The maximum atomic E-state index is 12.8. The van der Waals surface area contributed by atoms with Gasteiger partial charge in [-0.05, 0) is 24.6 Å². The maximum Gasteiger partial charge on any atom is 0.260 e. The van der Waals surface area contributed by atoms with Crippen LogP contribution in [0.1, 0.15) is 12.7 Å². The average molecular weight is 451 g/mol. The summed E-state index contributed by atoms with van der Waals surface area (Å²) in [5, 5.41) is 3.97. The first-order chi connectivity index (χ1) is 15.0. The summed E-state index contributed by atoms with van der Waals surface area (Å²) in [7, 11) is 1.80. The van der Waals surface area contributed by atoms with Crippen molar-refractivity contribution < 1.29 is 4.79 Å². The largest absolute Gasteiger partial charge is 0.309 e. The maximum absolute atomic E-state index is 12.8. The lowest BCUT2D eigenvalue weighted by atomic mass is 10.1. The number of nitrogens with one attached hydrogen (secondary N) is 2. The van der Waals surface area contributed by atoms with Crippen LogP contribution in [0, 0.1) is 0 Å². The molecular formula is C23H22N4O2S2. The zero-order valence-electron chi connectivity index (χ0n) is 17.2. The van der Waals surface area contributed by atoms with E-state index in [1.807, 2.05) is 73.0 Å². The van der Waals surface area contributed by atoms with Crippen LogP contribution in [-0.4, -0.2) is 28.2 Å². The van der Waals surface area contributed by atoms with E-state index in [-0.39, 0.29) is 16.7 Å². The van der Waals surface area contributed by atoms with Gasteiger partial charge in [0.25, 0.3) is 11.5 Å². The minimum absolute atomic E-state index is 0.109. The Morgan fingerprint density at radius 2 is 1.84 bits per heavy atom. The van der Waals surface area contributed by atoms with Crippen molar-refractivity contribution in [1.82, 2.24) is 15.4 Å². The molecule has 0 radical (unpaired) electrons. The van der Waals surface area contributed by atoms with E-state index in [2.05, 4.69) is 15.4 Å². The third kappa shape index (κ3) is 4.81. The zero-order chi connectivity index (χ0) is 21.8. The van der Waals surface area contributed by atoms with E-state index in [1.165, 1.54) is 23.1 Å². The van der Waals surface area contributed by atoms with Crippen molar-refractivity contribution in [3.8, 4) is 11.1 Å². The molecule has 0 aliphatic rings. The highest BCUT2D eigenvalue weighted by Crippen LogP contribution is 2.30. The Kier molecular flexibility index (Phi) is 6.39. The quantitative estimate of drug-likeness (QED) is 0.407. The molecule has 2 aromatic heterocycles.